The van der Waals surface area contributed by atoms with Crippen LogP contribution in [0.3, 0.4) is 0 Å². The maximum Gasteiger partial charge on any atom is 0.269 e. The van der Waals surface area contributed by atoms with E-state index < -0.39 is 5.56 Å². The Morgan fingerprint density at radius 3 is 2.75 bits per heavy atom. The van der Waals surface area contributed by atoms with Crippen molar-refractivity contribution in [1.82, 2.24) is 4.57 Å². The molecule has 0 atom stereocenters. The minimum Gasteiger partial charge on any atom is -0.380 e. The first-order valence-electron chi connectivity index (χ1n) is 7.14. The first-order chi connectivity index (χ1) is 11.5. The summed E-state index contributed by atoms with van der Waals surface area (Å²) in [5.74, 6) is -0.351. The lowest BCUT2D eigenvalue weighted by Gasteiger charge is -2.13. The molecule has 0 saturated carbocycles. The highest BCUT2D eigenvalue weighted by Gasteiger charge is 2.15. The molecule has 1 amide bonds. The van der Waals surface area contributed by atoms with Gasteiger partial charge in [-0.3, -0.25) is 9.59 Å². The van der Waals surface area contributed by atoms with E-state index in [0.29, 0.717) is 16.9 Å². The average molecular weight is 390 g/mol. The van der Waals surface area contributed by atoms with Crippen LogP contribution in [0.2, 0.25) is 0 Å². The molecular weight excluding hydrogens is 374 g/mol. The molecule has 1 aromatic carbocycles. The number of amides is 1. The quantitative estimate of drug-likeness (QED) is 0.851. The number of pyridine rings is 1. The van der Waals surface area contributed by atoms with Crippen LogP contribution in [0.25, 0.3) is 0 Å². The molecule has 0 aliphatic carbocycles. The summed E-state index contributed by atoms with van der Waals surface area (Å²) in [6.07, 6.45) is 0. The maximum absolute atomic E-state index is 12.5. The Kier molecular flexibility index (Phi) is 5.90. The number of aryl methyl sites for hydroxylation is 1. The monoisotopic (exact) mass is 389 g/mol. The molecule has 0 unspecified atom stereocenters. The minimum atomic E-state index is -0.494. The van der Waals surface area contributed by atoms with E-state index in [-0.39, 0.29) is 24.6 Å². The van der Waals surface area contributed by atoms with Crippen molar-refractivity contribution in [3.8, 4) is 6.07 Å². The van der Waals surface area contributed by atoms with Gasteiger partial charge < -0.3 is 14.6 Å². The third-order valence-electron chi connectivity index (χ3n) is 3.45. The molecule has 2 aromatic rings. The van der Waals surface area contributed by atoms with Gasteiger partial charge in [0.2, 0.25) is 5.91 Å². The second-order valence-electron chi connectivity index (χ2n) is 5.15. The number of ether oxygens (including phenoxy) is 1. The van der Waals surface area contributed by atoms with Crippen molar-refractivity contribution in [2.24, 2.45) is 0 Å². The number of para-hydroxylation sites is 1. The predicted octanol–water partition coefficient (Wildman–Crippen LogP) is 2.58. The zero-order valence-electron chi connectivity index (χ0n) is 13.3. The van der Waals surface area contributed by atoms with Gasteiger partial charge in [0.1, 0.15) is 18.2 Å². The number of carbonyl (C=O) groups excluding carboxylic acids is 1. The van der Waals surface area contributed by atoms with Gasteiger partial charge >= 0.3 is 0 Å². The molecule has 0 fully saturated rings. The van der Waals surface area contributed by atoms with Crippen LogP contribution in [0, 0.1) is 18.3 Å². The Balaban J connectivity index is 2.30. The van der Waals surface area contributed by atoms with Gasteiger partial charge in [-0.25, -0.2) is 0 Å². The molecule has 0 saturated heterocycles. The van der Waals surface area contributed by atoms with E-state index in [1.807, 2.05) is 12.1 Å². The van der Waals surface area contributed by atoms with E-state index in [2.05, 4.69) is 21.2 Å². The standard InChI is InChI=1S/C17H16BrN3O3/c1-11-7-12(10-24-2)13(8-19)17(23)21(11)9-16(22)20-15-6-4-3-5-14(15)18/h3-7H,9-10H2,1-2H3,(H,20,22). The van der Waals surface area contributed by atoms with E-state index in [4.69, 9.17) is 4.74 Å². The molecule has 2 rings (SSSR count). The number of benzene rings is 1. The van der Waals surface area contributed by atoms with Gasteiger partial charge in [0.05, 0.1) is 12.3 Å². The second-order valence-corrected chi connectivity index (χ2v) is 6.00. The fourth-order valence-electron chi connectivity index (χ4n) is 2.32. The van der Waals surface area contributed by atoms with Crippen molar-refractivity contribution in [1.29, 1.82) is 5.26 Å². The molecule has 1 heterocycles. The van der Waals surface area contributed by atoms with Crippen LogP contribution in [0.5, 0.6) is 0 Å². The van der Waals surface area contributed by atoms with E-state index in [9.17, 15) is 14.9 Å². The Morgan fingerprint density at radius 2 is 2.12 bits per heavy atom. The van der Waals surface area contributed by atoms with Gasteiger partial charge in [-0.1, -0.05) is 12.1 Å². The summed E-state index contributed by atoms with van der Waals surface area (Å²) >= 11 is 3.35. The van der Waals surface area contributed by atoms with Crippen molar-refractivity contribution in [3.05, 3.63) is 62.0 Å². The van der Waals surface area contributed by atoms with Gasteiger partial charge in [0.25, 0.3) is 5.56 Å². The van der Waals surface area contributed by atoms with E-state index in [1.165, 1.54) is 11.7 Å². The van der Waals surface area contributed by atoms with Gasteiger partial charge in [-0.2, -0.15) is 5.26 Å². The van der Waals surface area contributed by atoms with Crippen LogP contribution in [0.15, 0.2) is 39.6 Å². The summed E-state index contributed by atoms with van der Waals surface area (Å²) in [6.45, 7) is 1.71. The van der Waals surface area contributed by atoms with Crippen LogP contribution in [-0.4, -0.2) is 17.6 Å². The van der Waals surface area contributed by atoms with Crippen LogP contribution < -0.4 is 10.9 Å². The summed E-state index contributed by atoms with van der Waals surface area (Å²) in [4.78, 5) is 24.7. The molecule has 0 radical (unpaired) electrons. The summed E-state index contributed by atoms with van der Waals surface area (Å²) < 4.78 is 7.04. The van der Waals surface area contributed by atoms with Crippen LogP contribution in [-0.2, 0) is 22.7 Å². The zero-order valence-corrected chi connectivity index (χ0v) is 14.9. The number of aromatic nitrogens is 1. The fraction of sp³-hybridized carbons (Fsp3) is 0.235. The summed E-state index contributed by atoms with van der Waals surface area (Å²) in [5.41, 5.74) is 1.23. The molecule has 6 nitrogen and oxygen atoms in total. The van der Waals surface area contributed by atoms with Crippen LogP contribution >= 0.6 is 15.9 Å². The highest BCUT2D eigenvalue weighted by Crippen LogP contribution is 2.21. The van der Waals surface area contributed by atoms with Gasteiger partial charge in [-0.15, -0.1) is 0 Å². The molecule has 0 aliphatic heterocycles. The molecule has 0 aliphatic rings. The number of hydrogen-bond donors (Lipinski definition) is 1. The largest absolute Gasteiger partial charge is 0.380 e. The van der Waals surface area contributed by atoms with Crippen molar-refractivity contribution in [3.63, 3.8) is 0 Å². The molecule has 1 N–H and O–H groups in total. The number of halogens is 1. The molecular formula is C17H16BrN3O3. The molecule has 1 aromatic heterocycles. The van der Waals surface area contributed by atoms with Crippen molar-refractivity contribution < 1.29 is 9.53 Å². The second kappa shape index (κ2) is 7.90. The fourth-order valence-corrected chi connectivity index (χ4v) is 2.70. The van der Waals surface area contributed by atoms with Gasteiger partial charge in [0.15, 0.2) is 0 Å². The predicted molar refractivity (Wildman–Crippen MR) is 93.6 cm³/mol. The van der Waals surface area contributed by atoms with E-state index >= 15 is 0 Å². The van der Waals surface area contributed by atoms with Crippen LogP contribution in [0.4, 0.5) is 5.69 Å². The lowest BCUT2D eigenvalue weighted by molar-refractivity contribution is -0.116. The Labute approximate surface area is 147 Å². The molecule has 7 heteroatoms. The topological polar surface area (TPSA) is 84.1 Å². The maximum atomic E-state index is 12.5. The molecule has 124 valence electrons. The highest BCUT2D eigenvalue weighted by atomic mass is 79.9. The summed E-state index contributed by atoms with van der Waals surface area (Å²) in [6, 6.07) is 10.8. The highest BCUT2D eigenvalue weighted by molar-refractivity contribution is 9.10. The lowest BCUT2D eigenvalue weighted by atomic mass is 10.1. The Morgan fingerprint density at radius 1 is 1.42 bits per heavy atom. The minimum absolute atomic E-state index is 0.00357. The molecule has 24 heavy (non-hydrogen) atoms. The van der Waals surface area contributed by atoms with Crippen molar-refractivity contribution >= 4 is 27.5 Å². The number of rotatable bonds is 5. The van der Waals surface area contributed by atoms with Crippen LogP contribution in [0.1, 0.15) is 16.8 Å². The number of nitrogens with zero attached hydrogens (tertiary/aromatic N) is 2. The zero-order chi connectivity index (χ0) is 17.7. The van der Waals surface area contributed by atoms with Crippen molar-refractivity contribution in [2.75, 3.05) is 12.4 Å². The van der Waals surface area contributed by atoms with E-state index in [1.54, 1.807) is 31.2 Å². The van der Waals surface area contributed by atoms with Gasteiger partial charge in [0, 0.05) is 22.8 Å². The summed E-state index contributed by atoms with van der Waals surface area (Å²) in [5, 5.41) is 12.0. The number of hydrogen-bond acceptors (Lipinski definition) is 4. The Bertz CT molecular complexity index is 868. The number of nitriles is 1. The van der Waals surface area contributed by atoms with E-state index in [0.717, 1.165) is 4.47 Å². The number of nitrogens with one attached hydrogen (secondary N) is 1. The molecule has 0 spiro atoms. The molecule has 0 bridgehead atoms. The Hall–Kier alpha value is -2.43. The third-order valence-corrected chi connectivity index (χ3v) is 4.14. The smallest absolute Gasteiger partial charge is 0.269 e. The third kappa shape index (κ3) is 3.91. The van der Waals surface area contributed by atoms with Gasteiger partial charge in [-0.05, 0) is 41.1 Å². The first kappa shape index (κ1) is 17.9. The lowest BCUT2D eigenvalue weighted by Crippen LogP contribution is -2.31. The number of anilines is 1. The van der Waals surface area contributed by atoms with Crippen molar-refractivity contribution in [2.45, 2.75) is 20.1 Å². The number of methoxy groups -OCH3 is 1. The SMILES string of the molecule is COCc1cc(C)n(CC(=O)Nc2ccccc2Br)c(=O)c1C#N. The number of carbonyl (C=O) groups is 1. The normalized spacial score (nSPS) is 10.2. The summed E-state index contributed by atoms with van der Waals surface area (Å²) in [7, 11) is 1.49. The average Bonchev–Trinajstić information content (AvgIpc) is 2.54. The first-order valence-corrected chi connectivity index (χ1v) is 7.94.